The summed E-state index contributed by atoms with van der Waals surface area (Å²) < 4.78 is 19.1. The summed E-state index contributed by atoms with van der Waals surface area (Å²) in [5.74, 6) is 1.79. The number of nitrogens with zero attached hydrogens (tertiary/aromatic N) is 4. The van der Waals surface area contributed by atoms with Gasteiger partial charge in [-0.25, -0.2) is 0 Å². The van der Waals surface area contributed by atoms with Gasteiger partial charge in [-0.05, 0) is 18.6 Å². The Kier molecular flexibility index (Phi) is 4.24. The van der Waals surface area contributed by atoms with Gasteiger partial charge in [-0.3, -0.25) is 4.68 Å². The van der Waals surface area contributed by atoms with E-state index >= 15 is 0 Å². The molecule has 0 saturated heterocycles. The average Bonchev–Trinajstić information content (AvgIpc) is 3.29. The highest BCUT2D eigenvalue weighted by molar-refractivity contribution is 5.41. The van der Waals surface area contributed by atoms with Gasteiger partial charge in [0.25, 0.3) is 5.89 Å². The van der Waals surface area contributed by atoms with Crippen LogP contribution in [0.1, 0.15) is 30.9 Å². The Labute approximate surface area is 144 Å². The van der Waals surface area contributed by atoms with Crippen molar-refractivity contribution >= 4 is 6.01 Å². The third-order valence-corrected chi connectivity index (χ3v) is 3.81. The van der Waals surface area contributed by atoms with Crippen molar-refractivity contribution in [2.24, 2.45) is 0 Å². The van der Waals surface area contributed by atoms with Gasteiger partial charge < -0.3 is 19.2 Å². The van der Waals surface area contributed by atoms with Crippen LogP contribution >= 0.6 is 0 Å². The number of nitrogens with one attached hydrogen (secondary N) is 1. The van der Waals surface area contributed by atoms with E-state index in [0.717, 1.165) is 24.3 Å². The first-order chi connectivity index (χ1) is 12.3. The molecule has 1 atom stereocenters. The molecule has 1 N–H and O–H groups in total. The Morgan fingerprint density at radius 2 is 2.12 bits per heavy atom. The molecule has 0 bridgehead atoms. The number of aryl methyl sites for hydroxylation is 1. The smallest absolute Gasteiger partial charge is 0.315 e. The van der Waals surface area contributed by atoms with Crippen LogP contribution in [0.5, 0.6) is 11.5 Å². The summed E-state index contributed by atoms with van der Waals surface area (Å²) in [7, 11) is 0. The molecule has 0 radical (unpaired) electrons. The lowest BCUT2D eigenvalue weighted by Gasteiger charge is -2.23. The summed E-state index contributed by atoms with van der Waals surface area (Å²) in [6, 6.07) is 7.86. The summed E-state index contributed by atoms with van der Waals surface area (Å²) in [6.07, 6.45) is 4.47. The molecule has 2 aromatic heterocycles. The standard InChI is InChI=1S/C17H19N5O3/c1-2-7-22-10-12(9-19-22)8-18-17-21-20-16(25-17)15-11-23-13-5-3-4-6-14(13)24-15/h3-6,9-10,15H,2,7-8,11H2,1H3,(H,18,21). The lowest BCUT2D eigenvalue weighted by molar-refractivity contribution is 0.0717. The molecule has 8 nitrogen and oxygen atoms in total. The molecule has 8 heteroatoms. The second kappa shape index (κ2) is 6.84. The van der Waals surface area contributed by atoms with Crippen molar-refractivity contribution in [2.75, 3.05) is 11.9 Å². The third-order valence-electron chi connectivity index (χ3n) is 3.81. The van der Waals surface area contributed by atoms with Gasteiger partial charge in [-0.2, -0.15) is 5.10 Å². The number of hydrogen-bond donors (Lipinski definition) is 1. The van der Waals surface area contributed by atoms with E-state index in [1.807, 2.05) is 41.3 Å². The Morgan fingerprint density at radius 3 is 3.00 bits per heavy atom. The van der Waals surface area contributed by atoms with Crippen LogP contribution in [0.15, 0.2) is 41.1 Å². The fourth-order valence-corrected chi connectivity index (χ4v) is 2.60. The maximum atomic E-state index is 5.86. The lowest BCUT2D eigenvalue weighted by Crippen LogP contribution is -2.21. The van der Waals surface area contributed by atoms with Crippen molar-refractivity contribution in [1.29, 1.82) is 0 Å². The highest BCUT2D eigenvalue weighted by Crippen LogP contribution is 2.35. The summed E-state index contributed by atoms with van der Waals surface area (Å²) in [5.41, 5.74) is 1.05. The molecule has 1 unspecified atom stereocenters. The fraction of sp³-hybridized carbons (Fsp3) is 0.353. The van der Waals surface area contributed by atoms with Gasteiger partial charge in [-0.1, -0.05) is 24.2 Å². The highest BCUT2D eigenvalue weighted by atomic mass is 16.6. The number of fused-ring (bicyclic) bond motifs is 1. The van der Waals surface area contributed by atoms with E-state index in [1.54, 1.807) is 0 Å². The monoisotopic (exact) mass is 341 g/mol. The van der Waals surface area contributed by atoms with E-state index in [9.17, 15) is 0 Å². The first-order valence-electron chi connectivity index (χ1n) is 8.29. The number of ether oxygens (including phenoxy) is 2. The number of hydrogen-bond acceptors (Lipinski definition) is 7. The molecular weight excluding hydrogens is 322 g/mol. The molecule has 0 saturated carbocycles. The minimum Gasteiger partial charge on any atom is -0.485 e. The van der Waals surface area contributed by atoms with Crippen molar-refractivity contribution in [1.82, 2.24) is 20.0 Å². The van der Waals surface area contributed by atoms with Gasteiger partial charge in [0.1, 0.15) is 6.61 Å². The molecule has 0 spiro atoms. The van der Waals surface area contributed by atoms with Crippen LogP contribution < -0.4 is 14.8 Å². The SMILES string of the molecule is CCCn1cc(CNc2nnc(C3COc4ccccc4O3)o2)cn1. The first-order valence-corrected chi connectivity index (χ1v) is 8.29. The number of aromatic nitrogens is 4. The average molecular weight is 341 g/mol. The zero-order valence-electron chi connectivity index (χ0n) is 13.9. The van der Waals surface area contributed by atoms with Crippen molar-refractivity contribution in [3.8, 4) is 11.5 Å². The summed E-state index contributed by atoms with van der Waals surface area (Å²) in [5, 5.41) is 15.5. The van der Waals surface area contributed by atoms with Gasteiger partial charge in [-0.15, -0.1) is 5.10 Å². The van der Waals surface area contributed by atoms with Gasteiger partial charge in [0.05, 0.1) is 6.20 Å². The van der Waals surface area contributed by atoms with Crippen LogP contribution in [0.25, 0.3) is 0 Å². The minimum absolute atomic E-state index is 0.336. The Balaban J connectivity index is 1.37. The zero-order chi connectivity index (χ0) is 17.1. The van der Waals surface area contributed by atoms with E-state index in [1.165, 1.54) is 0 Å². The molecule has 3 heterocycles. The molecule has 1 aliphatic rings. The van der Waals surface area contributed by atoms with Gasteiger partial charge in [0.2, 0.25) is 6.10 Å². The zero-order valence-corrected chi connectivity index (χ0v) is 13.9. The molecule has 1 aliphatic heterocycles. The van der Waals surface area contributed by atoms with E-state index < -0.39 is 6.10 Å². The molecule has 0 amide bonds. The van der Waals surface area contributed by atoms with Crippen molar-refractivity contribution < 1.29 is 13.9 Å². The van der Waals surface area contributed by atoms with Crippen LogP contribution in [0.3, 0.4) is 0 Å². The maximum Gasteiger partial charge on any atom is 0.315 e. The number of rotatable bonds is 6. The quantitative estimate of drug-likeness (QED) is 0.737. The molecular formula is C17H19N5O3. The van der Waals surface area contributed by atoms with E-state index in [4.69, 9.17) is 13.9 Å². The molecule has 25 heavy (non-hydrogen) atoms. The molecule has 4 rings (SSSR count). The molecule has 0 fully saturated rings. The van der Waals surface area contributed by atoms with Crippen molar-refractivity contribution in [3.05, 3.63) is 48.1 Å². The van der Waals surface area contributed by atoms with Gasteiger partial charge in [0.15, 0.2) is 11.5 Å². The summed E-state index contributed by atoms with van der Waals surface area (Å²) in [4.78, 5) is 0. The second-order valence-corrected chi connectivity index (χ2v) is 5.77. The van der Waals surface area contributed by atoms with E-state index in [2.05, 4.69) is 27.5 Å². The van der Waals surface area contributed by atoms with Crippen molar-refractivity contribution in [3.63, 3.8) is 0 Å². The van der Waals surface area contributed by atoms with Gasteiger partial charge >= 0.3 is 6.01 Å². The van der Waals surface area contributed by atoms with Crippen LogP contribution in [-0.2, 0) is 13.1 Å². The first kappa shape index (κ1) is 15.5. The predicted molar refractivity (Wildman–Crippen MR) is 89.4 cm³/mol. The largest absolute Gasteiger partial charge is 0.485 e. The number of benzene rings is 1. The van der Waals surface area contributed by atoms with Crippen LogP contribution in [-0.4, -0.2) is 26.6 Å². The van der Waals surface area contributed by atoms with E-state index in [-0.39, 0.29) is 0 Å². The molecule has 3 aromatic rings. The Hall–Kier alpha value is -3.03. The summed E-state index contributed by atoms with van der Waals surface area (Å²) >= 11 is 0. The maximum absolute atomic E-state index is 5.86. The van der Waals surface area contributed by atoms with Crippen LogP contribution in [0, 0.1) is 0 Å². The molecule has 0 aliphatic carbocycles. The molecule has 130 valence electrons. The Bertz CT molecular complexity index is 844. The highest BCUT2D eigenvalue weighted by Gasteiger charge is 2.27. The normalized spacial score (nSPS) is 16.0. The predicted octanol–water partition coefficient (Wildman–Crippen LogP) is 2.80. The van der Waals surface area contributed by atoms with Crippen LogP contribution in [0.4, 0.5) is 6.01 Å². The lowest BCUT2D eigenvalue weighted by atomic mass is 10.2. The summed E-state index contributed by atoms with van der Waals surface area (Å²) in [6.45, 7) is 3.93. The second-order valence-electron chi connectivity index (χ2n) is 5.77. The molecule has 1 aromatic carbocycles. The van der Waals surface area contributed by atoms with Crippen LogP contribution in [0.2, 0.25) is 0 Å². The number of para-hydroxylation sites is 2. The van der Waals surface area contributed by atoms with Crippen molar-refractivity contribution in [2.45, 2.75) is 32.5 Å². The minimum atomic E-state index is -0.412. The third kappa shape index (κ3) is 3.42. The number of anilines is 1. The van der Waals surface area contributed by atoms with E-state index in [0.29, 0.717) is 30.8 Å². The Morgan fingerprint density at radius 1 is 1.24 bits per heavy atom. The fourth-order valence-electron chi connectivity index (χ4n) is 2.60. The topological polar surface area (TPSA) is 87.2 Å². The van der Waals surface area contributed by atoms with Gasteiger partial charge in [0, 0.05) is 24.8 Å².